The predicted octanol–water partition coefficient (Wildman–Crippen LogP) is 3.17. The molecule has 2 aromatic rings. The first-order valence-corrected chi connectivity index (χ1v) is 7.71. The minimum atomic E-state index is -1.01. The van der Waals surface area contributed by atoms with E-state index in [-0.39, 0.29) is 18.8 Å². The average Bonchev–Trinajstić information content (AvgIpc) is 3.01. The zero-order valence-electron chi connectivity index (χ0n) is 12.3. The largest absolute Gasteiger partial charge is 0.500 e. The second-order valence-electron chi connectivity index (χ2n) is 4.76. The Morgan fingerprint density at radius 1 is 1.48 bits per heavy atom. The van der Waals surface area contributed by atoms with Gasteiger partial charge in [0.15, 0.2) is 5.75 Å². The first-order valence-electron chi connectivity index (χ1n) is 6.83. The van der Waals surface area contributed by atoms with Gasteiger partial charge in [-0.1, -0.05) is 6.07 Å². The Bertz CT molecular complexity index is 713. The van der Waals surface area contributed by atoms with Crippen LogP contribution in [0.2, 0.25) is 0 Å². The molecule has 1 aromatic carbocycles. The number of hydrogen-bond acceptors (Lipinski definition) is 6. The van der Waals surface area contributed by atoms with Crippen molar-refractivity contribution in [3.05, 3.63) is 50.2 Å². The van der Waals surface area contributed by atoms with Gasteiger partial charge in [-0.05, 0) is 36.4 Å². The molecule has 1 unspecified atom stereocenters. The van der Waals surface area contributed by atoms with Gasteiger partial charge in [-0.25, -0.2) is 0 Å². The summed E-state index contributed by atoms with van der Waals surface area (Å²) in [6.07, 6.45) is 0.0665. The van der Waals surface area contributed by atoms with E-state index in [2.05, 4.69) is 0 Å². The number of thiophene rings is 1. The van der Waals surface area contributed by atoms with Gasteiger partial charge in [0.2, 0.25) is 5.75 Å². The molecule has 0 aliphatic rings. The Kier molecular flexibility index (Phi) is 5.17. The molecular formula is C15H15NO6S. The number of rotatable bonds is 7. The highest BCUT2D eigenvalue weighted by molar-refractivity contribution is 7.10. The molecule has 1 aromatic heterocycles. The van der Waals surface area contributed by atoms with Crippen LogP contribution in [0.15, 0.2) is 29.6 Å². The maximum atomic E-state index is 11.5. The summed E-state index contributed by atoms with van der Waals surface area (Å²) in [6, 6.07) is 6.08. The SMILES string of the molecule is CCOc1cc(CC(C(=O)O)c2cccs2)cc([N+](=O)[O-])c1O. The highest BCUT2D eigenvalue weighted by atomic mass is 32.1. The summed E-state index contributed by atoms with van der Waals surface area (Å²) >= 11 is 1.31. The molecular weight excluding hydrogens is 322 g/mol. The van der Waals surface area contributed by atoms with E-state index in [0.29, 0.717) is 10.4 Å². The Balaban J connectivity index is 2.41. The van der Waals surface area contributed by atoms with E-state index in [1.807, 2.05) is 0 Å². The summed E-state index contributed by atoms with van der Waals surface area (Å²) in [4.78, 5) is 22.5. The second kappa shape index (κ2) is 7.10. The molecule has 0 radical (unpaired) electrons. The highest BCUT2D eigenvalue weighted by Crippen LogP contribution is 2.38. The van der Waals surface area contributed by atoms with Gasteiger partial charge in [0, 0.05) is 10.9 Å². The summed E-state index contributed by atoms with van der Waals surface area (Å²) < 4.78 is 5.20. The predicted molar refractivity (Wildman–Crippen MR) is 84.3 cm³/mol. The lowest BCUT2D eigenvalue weighted by molar-refractivity contribution is -0.386. The van der Waals surface area contributed by atoms with Crippen LogP contribution in [-0.2, 0) is 11.2 Å². The van der Waals surface area contributed by atoms with Gasteiger partial charge >= 0.3 is 11.7 Å². The minimum absolute atomic E-state index is 0.0213. The number of nitro benzene ring substituents is 1. The van der Waals surface area contributed by atoms with Crippen molar-refractivity contribution in [2.75, 3.05) is 6.61 Å². The zero-order valence-corrected chi connectivity index (χ0v) is 13.1. The fraction of sp³-hybridized carbons (Fsp3) is 0.267. The van der Waals surface area contributed by atoms with Gasteiger partial charge < -0.3 is 14.9 Å². The number of carboxylic acid groups (broad SMARTS) is 1. The number of carboxylic acids is 1. The van der Waals surface area contributed by atoms with E-state index in [9.17, 15) is 25.1 Å². The third-order valence-corrected chi connectivity index (χ3v) is 4.22. The van der Waals surface area contributed by atoms with Crippen molar-refractivity contribution in [1.82, 2.24) is 0 Å². The molecule has 2 rings (SSSR count). The van der Waals surface area contributed by atoms with E-state index in [0.717, 1.165) is 0 Å². The van der Waals surface area contributed by atoms with E-state index in [1.165, 1.54) is 23.5 Å². The number of phenols is 1. The van der Waals surface area contributed by atoms with Crippen molar-refractivity contribution in [2.45, 2.75) is 19.3 Å². The van der Waals surface area contributed by atoms with Crippen molar-refractivity contribution in [3.8, 4) is 11.5 Å². The summed E-state index contributed by atoms with van der Waals surface area (Å²) in [5.41, 5.74) is -0.0833. The molecule has 7 nitrogen and oxygen atoms in total. The summed E-state index contributed by atoms with van der Waals surface area (Å²) in [5, 5.41) is 32.1. The Labute approximate surface area is 135 Å². The van der Waals surface area contributed by atoms with E-state index >= 15 is 0 Å². The molecule has 0 saturated carbocycles. The lowest BCUT2D eigenvalue weighted by atomic mass is 9.97. The van der Waals surface area contributed by atoms with Gasteiger partial charge in [0.25, 0.3) is 0 Å². The molecule has 1 atom stereocenters. The number of aliphatic carboxylic acids is 1. The molecule has 0 spiro atoms. The van der Waals surface area contributed by atoms with Crippen LogP contribution >= 0.6 is 11.3 Å². The fourth-order valence-corrected chi connectivity index (χ4v) is 3.03. The highest BCUT2D eigenvalue weighted by Gasteiger charge is 2.25. The molecule has 0 bridgehead atoms. The van der Waals surface area contributed by atoms with Gasteiger partial charge in [-0.2, -0.15) is 0 Å². The fourth-order valence-electron chi connectivity index (χ4n) is 2.21. The van der Waals surface area contributed by atoms with Crippen LogP contribution in [0.5, 0.6) is 11.5 Å². The normalized spacial score (nSPS) is 11.9. The van der Waals surface area contributed by atoms with Crippen LogP contribution in [0.1, 0.15) is 23.3 Å². The number of aromatic hydroxyl groups is 1. The topological polar surface area (TPSA) is 110 Å². The van der Waals surface area contributed by atoms with Gasteiger partial charge in [-0.15, -0.1) is 11.3 Å². The molecule has 0 aliphatic heterocycles. The monoisotopic (exact) mass is 337 g/mol. The number of benzene rings is 1. The summed E-state index contributed by atoms with van der Waals surface area (Å²) in [6.45, 7) is 1.91. The second-order valence-corrected chi connectivity index (χ2v) is 5.74. The number of nitrogens with zero attached hydrogens (tertiary/aromatic N) is 1. The van der Waals surface area contributed by atoms with Gasteiger partial charge in [-0.3, -0.25) is 14.9 Å². The third kappa shape index (κ3) is 3.78. The van der Waals surface area contributed by atoms with Crippen molar-refractivity contribution in [1.29, 1.82) is 0 Å². The molecule has 0 amide bonds. The van der Waals surface area contributed by atoms with Crippen molar-refractivity contribution < 1.29 is 24.7 Å². The Morgan fingerprint density at radius 2 is 2.22 bits per heavy atom. The smallest absolute Gasteiger partial charge is 0.314 e. The molecule has 8 heteroatoms. The molecule has 0 fully saturated rings. The Hall–Kier alpha value is -2.61. The van der Waals surface area contributed by atoms with E-state index in [1.54, 1.807) is 24.4 Å². The average molecular weight is 337 g/mol. The van der Waals surface area contributed by atoms with Crippen molar-refractivity contribution in [2.24, 2.45) is 0 Å². The van der Waals surface area contributed by atoms with Crippen LogP contribution in [0, 0.1) is 10.1 Å². The van der Waals surface area contributed by atoms with E-state index < -0.39 is 28.2 Å². The third-order valence-electron chi connectivity index (χ3n) is 3.24. The van der Waals surface area contributed by atoms with E-state index in [4.69, 9.17) is 4.74 Å². The Morgan fingerprint density at radius 3 is 2.74 bits per heavy atom. The molecule has 0 saturated heterocycles. The first-order chi connectivity index (χ1) is 10.9. The van der Waals surface area contributed by atoms with Crippen molar-refractivity contribution >= 4 is 23.0 Å². The van der Waals surface area contributed by atoms with Gasteiger partial charge in [0.1, 0.15) is 0 Å². The molecule has 2 N–H and O–H groups in total. The number of nitro groups is 1. The standard InChI is InChI=1S/C15H15NO6S/c1-2-22-12-8-9(7-11(14(12)17)16(20)21)6-10(15(18)19)13-4-3-5-23-13/h3-5,7-8,10,17H,2,6H2,1H3,(H,18,19). The zero-order chi connectivity index (χ0) is 17.0. The number of ether oxygens (including phenoxy) is 1. The number of carbonyl (C=O) groups is 1. The molecule has 1 heterocycles. The summed E-state index contributed by atoms with van der Waals surface area (Å²) in [7, 11) is 0. The lowest BCUT2D eigenvalue weighted by Crippen LogP contribution is -2.13. The van der Waals surface area contributed by atoms with Gasteiger partial charge in [0.05, 0.1) is 17.4 Å². The quantitative estimate of drug-likeness (QED) is 0.593. The number of phenolic OH excluding ortho intramolecular Hbond substituents is 1. The van der Waals surface area contributed by atoms with Crippen molar-refractivity contribution in [3.63, 3.8) is 0 Å². The lowest BCUT2D eigenvalue weighted by Gasteiger charge is -2.13. The maximum absolute atomic E-state index is 11.5. The first kappa shape index (κ1) is 16.8. The number of hydrogen-bond donors (Lipinski definition) is 2. The van der Waals surface area contributed by atoms with Crippen LogP contribution < -0.4 is 4.74 Å². The molecule has 0 aliphatic carbocycles. The van der Waals surface area contributed by atoms with Crippen LogP contribution in [-0.4, -0.2) is 27.7 Å². The van der Waals surface area contributed by atoms with Crippen LogP contribution in [0.25, 0.3) is 0 Å². The molecule has 23 heavy (non-hydrogen) atoms. The molecule has 122 valence electrons. The maximum Gasteiger partial charge on any atom is 0.314 e. The van der Waals surface area contributed by atoms with Crippen LogP contribution in [0.4, 0.5) is 5.69 Å². The van der Waals surface area contributed by atoms with Crippen LogP contribution in [0.3, 0.4) is 0 Å². The summed E-state index contributed by atoms with van der Waals surface area (Å²) in [5.74, 6) is -2.40. The minimum Gasteiger partial charge on any atom is -0.500 e.